The summed E-state index contributed by atoms with van der Waals surface area (Å²) >= 11 is 1.71. The number of nitrogens with one attached hydrogen (secondary N) is 1. The maximum Gasteiger partial charge on any atom is 0.275 e. The summed E-state index contributed by atoms with van der Waals surface area (Å²) < 4.78 is 1.20. The first-order chi connectivity index (χ1) is 12.7. The van der Waals surface area contributed by atoms with E-state index < -0.39 is 0 Å². The standard InChI is InChI=1S/C20H16N4OS/c1-13-11-22-17(12-21-13)20(25)23-15-8-6-14(7-9-15)10-19-24-16-4-2-3-5-18(16)26-19/h2-9,11-12H,10H2,1H3,(H,23,25). The highest BCUT2D eigenvalue weighted by molar-refractivity contribution is 7.18. The van der Waals surface area contributed by atoms with Gasteiger partial charge in [-0.25, -0.2) is 9.97 Å². The van der Waals surface area contributed by atoms with Crippen molar-refractivity contribution in [3.05, 3.63) is 82.9 Å². The smallest absolute Gasteiger partial charge is 0.275 e. The molecule has 5 nitrogen and oxygen atoms in total. The predicted octanol–water partition coefficient (Wildman–Crippen LogP) is 4.24. The Morgan fingerprint density at radius 3 is 2.58 bits per heavy atom. The van der Waals surface area contributed by atoms with E-state index in [1.807, 2.05) is 49.4 Å². The summed E-state index contributed by atoms with van der Waals surface area (Å²) in [4.78, 5) is 25.0. The monoisotopic (exact) mass is 360 g/mol. The van der Waals surface area contributed by atoms with Crippen molar-refractivity contribution in [2.24, 2.45) is 0 Å². The fourth-order valence-corrected chi connectivity index (χ4v) is 3.58. The maximum absolute atomic E-state index is 12.2. The van der Waals surface area contributed by atoms with Crippen LogP contribution in [-0.4, -0.2) is 20.9 Å². The third-order valence-electron chi connectivity index (χ3n) is 3.92. The van der Waals surface area contributed by atoms with E-state index in [1.54, 1.807) is 17.5 Å². The molecule has 0 fully saturated rings. The van der Waals surface area contributed by atoms with Crippen LogP contribution in [0.25, 0.3) is 10.2 Å². The first-order valence-electron chi connectivity index (χ1n) is 8.21. The number of rotatable bonds is 4. The van der Waals surface area contributed by atoms with Crippen molar-refractivity contribution in [3.8, 4) is 0 Å². The largest absolute Gasteiger partial charge is 0.321 e. The number of benzene rings is 2. The molecule has 0 atom stereocenters. The van der Waals surface area contributed by atoms with Crippen molar-refractivity contribution in [2.45, 2.75) is 13.3 Å². The maximum atomic E-state index is 12.2. The molecule has 0 bridgehead atoms. The van der Waals surface area contributed by atoms with Gasteiger partial charge in [0.2, 0.25) is 0 Å². The molecule has 0 radical (unpaired) electrons. The molecule has 0 aliphatic heterocycles. The number of fused-ring (bicyclic) bond motifs is 1. The van der Waals surface area contributed by atoms with Crippen LogP contribution in [-0.2, 0) is 6.42 Å². The second-order valence-electron chi connectivity index (χ2n) is 5.95. The van der Waals surface area contributed by atoms with E-state index in [4.69, 9.17) is 0 Å². The molecule has 0 aliphatic rings. The van der Waals surface area contributed by atoms with E-state index in [0.717, 1.165) is 33.9 Å². The van der Waals surface area contributed by atoms with Crippen LogP contribution in [0, 0.1) is 6.92 Å². The number of aryl methyl sites for hydroxylation is 1. The highest BCUT2D eigenvalue weighted by Crippen LogP contribution is 2.24. The molecule has 2 heterocycles. The Bertz CT molecular complexity index is 1020. The quantitative estimate of drug-likeness (QED) is 0.591. The number of hydrogen-bond acceptors (Lipinski definition) is 5. The summed E-state index contributed by atoms with van der Waals surface area (Å²) in [5.41, 5.74) is 3.99. The minimum Gasteiger partial charge on any atom is -0.321 e. The number of thiazole rings is 1. The third-order valence-corrected chi connectivity index (χ3v) is 4.96. The number of carbonyl (C=O) groups excluding carboxylic acids is 1. The van der Waals surface area contributed by atoms with Gasteiger partial charge in [-0.2, -0.15) is 0 Å². The zero-order chi connectivity index (χ0) is 17.9. The fraction of sp³-hybridized carbons (Fsp3) is 0.100. The highest BCUT2D eigenvalue weighted by atomic mass is 32.1. The van der Waals surface area contributed by atoms with Gasteiger partial charge in [-0.15, -0.1) is 11.3 Å². The lowest BCUT2D eigenvalue weighted by Gasteiger charge is -2.06. The SMILES string of the molecule is Cc1cnc(C(=O)Nc2ccc(Cc3nc4ccccc4s3)cc2)cn1. The lowest BCUT2D eigenvalue weighted by Crippen LogP contribution is -2.14. The average Bonchev–Trinajstić information content (AvgIpc) is 3.06. The molecule has 26 heavy (non-hydrogen) atoms. The Kier molecular flexibility index (Phi) is 4.41. The molecule has 0 unspecified atom stereocenters. The van der Waals surface area contributed by atoms with Crippen molar-refractivity contribution < 1.29 is 4.79 Å². The lowest BCUT2D eigenvalue weighted by molar-refractivity contribution is 0.102. The number of aromatic nitrogens is 3. The molecule has 1 N–H and O–H groups in total. The summed E-state index contributed by atoms with van der Waals surface area (Å²) in [5, 5.41) is 3.92. The van der Waals surface area contributed by atoms with Crippen LogP contribution in [0.5, 0.6) is 0 Å². The molecular weight excluding hydrogens is 344 g/mol. The summed E-state index contributed by atoms with van der Waals surface area (Å²) in [5.74, 6) is -0.267. The normalized spacial score (nSPS) is 10.8. The van der Waals surface area contributed by atoms with Crippen molar-refractivity contribution in [1.82, 2.24) is 15.0 Å². The Morgan fingerprint density at radius 1 is 1.04 bits per heavy atom. The van der Waals surface area contributed by atoms with Gasteiger partial charge in [0.05, 0.1) is 27.1 Å². The van der Waals surface area contributed by atoms with Gasteiger partial charge in [0, 0.05) is 18.3 Å². The van der Waals surface area contributed by atoms with Crippen LogP contribution in [0.4, 0.5) is 5.69 Å². The van der Waals surface area contributed by atoms with Crippen molar-refractivity contribution in [1.29, 1.82) is 0 Å². The van der Waals surface area contributed by atoms with Gasteiger partial charge in [0.25, 0.3) is 5.91 Å². The highest BCUT2D eigenvalue weighted by Gasteiger charge is 2.09. The van der Waals surface area contributed by atoms with E-state index >= 15 is 0 Å². The summed E-state index contributed by atoms with van der Waals surface area (Å²) in [6.45, 7) is 1.83. The van der Waals surface area contributed by atoms with Crippen molar-refractivity contribution in [2.75, 3.05) is 5.32 Å². The number of para-hydroxylation sites is 1. The first-order valence-corrected chi connectivity index (χ1v) is 9.02. The van der Waals surface area contributed by atoms with Crippen LogP contribution in [0.15, 0.2) is 60.9 Å². The second-order valence-corrected chi connectivity index (χ2v) is 7.06. The van der Waals surface area contributed by atoms with Crippen LogP contribution in [0.2, 0.25) is 0 Å². The third kappa shape index (κ3) is 3.60. The minimum absolute atomic E-state index is 0.267. The van der Waals surface area contributed by atoms with Gasteiger partial charge in [-0.3, -0.25) is 9.78 Å². The zero-order valence-electron chi connectivity index (χ0n) is 14.1. The fourth-order valence-electron chi connectivity index (χ4n) is 2.58. The predicted molar refractivity (Wildman–Crippen MR) is 104 cm³/mol. The van der Waals surface area contributed by atoms with Gasteiger partial charge in [-0.1, -0.05) is 24.3 Å². The van der Waals surface area contributed by atoms with E-state index in [2.05, 4.69) is 26.3 Å². The van der Waals surface area contributed by atoms with Gasteiger partial charge in [0.1, 0.15) is 5.69 Å². The molecule has 4 aromatic rings. The van der Waals surface area contributed by atoms with Gasteiger partial charge < -0.3 is 5.32 Å². The summed E-state index contributed by atoms with van der Waals surface area (Å²) in [7, 11) is 0. The molecule has 0 spiro atoms. The van der Waals surface area contributed by atoms with Crippen LogP contribution in [0.1, 0.15) is 26.8 Å². The van der Waals surface area contributed by atoms with E-state index in [9.17, 15) is 4.79 Å². The first kappa shape index (κ1) is 16.4. The topological polar surface area (TPSA) is 67.8 Å². The molecule has 1 amide bonds. The number of amides is 1. The zero-order valence-corrected chi connectivity index (χ0v) is 15.0. The Hall–Kier alpha value is -3.12. The molecule has 6 heteroatoms. The van der Waals surface area contributed by atoms with Crippen molar-refractivity contribution in [3.63, 3.8) is 0 Å². The van der Waals surface area contributed by atoms with Gasteiger partial charge >= 0.3 is 0 Å². The molecule has 4 rings (SSSR count). The van der Waals surface area contributed by atoms with Crippen molar-refractivity contribution >= 4 is 33.1 Å². The van der Waals surface area contributed by atoms with Crippen LogP contribution >= 0.6 is 11.3 Å². The number of anilines is 1. The summed E-state index contributed by atoms with van der Waals surface area (Å²) in [6, 6.07) is 15.9. The van der Waals surface area contributed by atoms with Gasteiger partial charge in [-0.05, 0) is 36.8 Å². The molecule has 0 aliphatic carbocycles. The summed E-state index contributed by atoms with van der Waals surface area (Å²) in [6.07, 6.45) is 3.83. The van der Waals surface area contributed by atoms with E-state index in [-0.39, 0.29) is 5.91 Å². The minimum atomic E-state index is -0.267. The Balaban J connectivity index is 1.44. The molecule has 2 aromatic heterocycles. The van der Waals surface area contributed by atoms with E-state index in [1.165, 1.54) is 10.9 Å². The molecular formula is C20H16N4OS. The number of carbonyl (C=O) groups is 1. The van der Waals surface area contributed by atoms with Crippen LogP contribution in [0.3, 0.4) is 0 Å². The van der Waals surface area contributed by atoms with E-state index in [0.29, 0.717) is 5.69 Å². The average molecular weight is 360 g/mol. The molecule has 0 saturated heterocycles. The molecule has 128 valence electrons. The van der Waals surface area contributed by atoms with Gasteiger partial charge in [0.15, 0.2) is 0 Å². The van der Waals surface area contributed by atoms with Crippen LogP contribution < -0.4 is 5.32 Å². The second kappa shape index (κ2) is 7.01. The number of hydrogen-bond donors (Lipinski definition) is 1. The number of nitrogens with zero attached hydrogens (tertiary/aromatic N) is 3. The Morgan fingerprint density at radius 2 is 1.85 bits per heavy atom. The lowest BCUT2D eigenvalue weighted by atomic mass is 10.1. The molecule has 0 saturated carbocycles. The molecule has 2 aromatic carbocycles. The Labute approximate surface area is 154 Å².